The molecule has 5 nitrogen and oxygen atoms in total. The highest BCUT2D eigenvalue weighted by molar-refractivity contribution is 9.10. The van der Waals surface area contributed by atoms with E-state index in [1.165, 1.54) is 12.3 Å². The van der Waals surface area contributed by atoms with Gasteiger partial charge in [0.2, 0.25) is 0 Å². The van der Waals surface area contributed by atoms with Gasteiger partial charge in [-0.3, -0.25) is 15.1 Å². The molecule has 17 heavy (non-hydrogen) atoms. The first kappa shape index (κ1) is 14.1. The van der Waals surface area contributed by atoms with Gasteiger partial charge in [0, 0.05) is 23.0 Å². The lowest BCUT2D eigenvalue weighted by Crippen LogP contribution is -2.29. The van der Waals surface area contributed by atoms with Crippen LogP contribution in [-0.4, -0.2) is 22.5 Å². The van der Waals surface area contributed by atoms with Gasteiger partial charge in [-0.05, 0) is 35.8 Å². The second kappa shape index (κ2) is 6.66. The molecule has 0 spiro atoms. The van der Waals surface area contributed by atoms with E-state index in [4.69, 9.17) is 0 Å². The zero-order valence-electron chi connectivity index (χ0n) is 9.94. The SMILES string of the molecule is CCCNC(C)Cc1ncc([N+](=O)[O-])cc1Br. The molecule has 0 saturated carbocycles. The Morgan fingerprint density at radius 2 is 2.35 bits per heavy atom. The van der Waals surface area contributed by atoms with Crippen molar-refractivity contribution in [1.29, 1.82) is 0 Å². The van der Waals surface area contributed by atoms with E-state index in [0.717, 1.165) is 25.1 Å². The Balaban J connectivity index is 2.69. The molecule has 0 aromatic carbocycles. The van der Waals surface area contributed by atoms with Crippen LogP contribution >= 0.6 is 15.9 Å². The molecule has 1 aromatic rings. The smallest absolute Gasteiger partial charge is 0.288 e. The number of aromatic nitrogens is 1. The molecule has 0 fully saturated rings. The third kappa shape index (κ3) is 4.40. The van der Waals surface area contributed by atoms with Crippen LogP contribution in [0.4, 0.5) is 5.69 Å². The molecule has 94 valence electrons. The fraction of sp³-hybridized carbons (Fsp3) is 0.545. The third-order valence-electron chi connectivity index (χ3n) is 2.36. The lowest BCUT2D eigenvalue weighted by Gasteiger charge is -2.13. The van der Waals surface area contributed by atoms with Crippen LogP contribution in [0.25, 0.3) is 0 Å². The summed E-state index contributed by atoms with van der Waals surface area (Å²) in [5.74, 6) is 0. The summed E-state index contributed by atoms with van der Waals surface area (Å²) in [6, 6.07) is 1.80. The van der Waals surface area contributed by atoms with Crippen molar-refractivity contribution in [3.8, 4) is 0 Å². The van der Waals surface area contributed by atoms with E-state index in [2.05, 4.69) is 40.1 Å². The van der Waals surface area contributed by atoms with Gasteiger partial charge in [-0.2, -0.15) is 0 Å². The molecule has 1 heterocycles. The molecule has 0 radical (unpaired) electrons. The second-order valence-corrected chi connectivity index (χ2v) is 4.79. The molecule has 0 aliphatic carbocycles. The average molecular weight is 302 g/mol. The van der Waals surface area contributed by atoms with Gasteiger partial charge in [0.05, 0.1) is 10.6 Å². The predicted octanol–water partition coefficient (Wildman–Crippen LogP) is 2.68. The summed E-state index contributed by atoms with van der Waals surface area (Å²) in [6.45, 7) is 5.15. The summed E-state index contributed by atoms with van der Waals surface area (Å²) in [7, 11) is 0. The van der Waals surface area contributed by atoms with E-state index in [9.17, 15) is 10.1 Å². The van der Waals surface area contributed by atoms with E-state index in [1.54, 1.807) is 0 Å². The van der Waals surface area contributed by atoms with Crippen LogP contribution < -0.4 is 5.32 Å². The molecule has 1 N–H and O–H groups in total. The number of hydrogen-bond donors (Lipinski definition) is 1. The molecule has 1 atom stereocenters. The van der Waals surface area contributed by atoms with Crippen LogP contribution in [0.15, 0.2) is 16.7 Å². The number of pyridine rings is 1. The minimum absolute atomic E-state index is 0.00907. The Kier molecular flexibility index (Phi) is 5.50. The minimum atomic E-state index is -0.444. The monoisotopic (exact) mass is 301 g/mol. The van der Waals surface area contributed by atoms with Gasteiger partial charge in [0.25, 0.3) is 5.69 Å². The van der Waals surface area contributed by atoms with E-state index < -0.39 is 4.92 Å². The van der Waals surface area contributed by atoms with E-state index in [-0.39, 0.29) is 5.69 Å². The Morgan fingerprint density at radius 1 is 1.65 bits per heavy atom. The molecule has 1 aromatic heterocycles. The van der Waals surface area contributed by atoms with E-state index in [1.807, 2.05) is 0 Å². The van der Waals surface area contributed by atoms with Gasteiger partial charge in [-0.15, -0.1) is 0 Å². The zero-order valence-corrected chi connectivity index (χ0v) is 11.5. The average Bonchev–Trinajstić information content (AvgIpc) is 2.28. The number of rotatable bonds is 6. The van der Waals surface area contributed by atoms with Crippen LogP contribution in [-0.2, 0) is 6.42 Å². The van der Waals surface area contributed by atoms with Gasteiger partial charge in [0.15, 0.2) is 0 Å². The molecule has 1 unspecified atom stereocenters. The van der Waals surface area contributed by atoms with Crippen LogP contribution in [0, 0.1) is 10.1 Å². The van der Waals surface area contributed by atoms with Crippen molar-refractivity contribution in [2.24, 2.45) is 0 Å². The molecule has 0 amide bonds. The van der Waals surface area contributed by atoms with Crippen molar-refractivity contribution < 1.29 is 4.92 Å². The van der Waals surface area contributed by atoms with Gasteiger partial charge >= 0.3 is 0 Å². The number of nitrogens with zero attached hydrogens (tertiary/aromatic N) is 2. The zero-order chi connectivity index (χ0) is 12.8. The van der Waals surface area contributed by atoms with Gasteiger partial charge in [-0.25, -0.2) is 0 Å². The fourth-order valence-corrected chi connectivity index (χ4v) is 1.96. The van der Waals surface area contributed by atoms with Crippen molar-refractivity contribution in [2.45, 2.75) is 32.7 Å². The summed E-state index contributed by atoms with van der Waals surface area (Å²) in [6.07, 6.45) is 3.13. The van der Waals surface area contributed by atoms with Crippen LogP contribution in [0.1, 0.15) is 26.0 Å². The maximum Gasteiger partial charge on any atom is 0.288 e. The van der Waals surface area contributed by atoms with Crippen molar-refractivity contribution in [2.75, 3.05) is 6.54 Å². The van der Waals surface area contributed by atoms with Crippen molar-refractivity contribution >= 4 is 21.6 Å². The Bertz CT molecular complexity index is 398. The van der Waals surface area contributed by atoms with Gasteiger partial charge < -0.3 is 5.32 Å². The largest absolute Gasteiger partial charge is 0.314 e. The van der Waals surface area contributed by atoms with E-state index in [0.29, 0.717) is 10.5 Å². The first-order valence-electron chi connectivity index (χ1n) is 5.56. The highest BCUT2D eigenvalue weighted by atomic mass is 79.9. The maximum atomic E-state index is 10.6. The quantitative estimate of drug-likeness (QED) is 0.648. The number of halogens is 1. The summed E-state index contributed by atoms with van der Waals surface area (Å²) in [5.41, 5.74) is 0.849. The van der Waals surface area contributed by atoms with Crippen LogP contribution in [0.5, 0.6) is 0 Å². The Labute approximate surface area is 109 Å². The Morgan fingerprint density at radius 3 is 2.88 bits per heavy atom. The molecule has 1 rings (SSSR count). The molecule has 0 bridgehead atoms. The molecule has 6 heteroatoms. The summed E-state index contributed by atoms with van der Waals surface area (Å²) < 4.78 is 0.692. The lowest BCUT2D eigenvalue weighted by molar-refractivity contribution is -0.385. The predicted molar refractivity (Wildman–Crippen MR) is 70.1 cm³/mol. The number of nitro groups is 1. The first-order valence-corrected chi connectivity index (χ1v) is 6.36. The molecule has 0 aliphatic heterocycles. The topological polar surface area (TPSA) is 68.1 Å². The fourth-order valence-electron chi connectivity index (χ4n) is 1.46. The standard InChI is InChI=1S/C11H16BrN3O2/c1-3-4-13-8(2)5-11-10(12)6-9(7-14-11)15(16)17/h6-8,13H,3-5H2,1-2H3. The normalized spacial score (nSPS) is 12.4. The summed E-state index contributed by atoms with van der Waals surface area (Å²) >= 11 is 3.32. The Hall–Kier alpha value is -1.01. The highest BCUT2D eigenvalue weighted by Gasteiger charge is 2.12. The molecule has 0 aliphatic rings. The minimum Gasteiger partial charge on any atom is -0.314 e. The molecular weight excluding hydrogens is 286 g/mol. The van der Waals surface area contributed by atoms with Gasteiger partial charge in [-0.1, -0.05) is 6.92 Å². The van der Waals surface area contributed by atoms with Crippen LogP contribution in [0.2, 0.25) is 0 Å². The second-order valence-electron chi connectivity index (χ2n) is 3.94. The van der Waals surface area contributed by atoms with Crippen LogP contribution in [0.3, 0.4) is 0 Å². The highest BCUT2D eigenvalue weighted by Crippen LogP contribution is 2.21. The number of hydrogen-bond acceptors (Lipinski definition) is 4. The van der Waals surface area contributed by atoms with E-state index >= 15 is 0 Å². The lowest BCUT2D eigenvalue weighted by atomic mass is 10.1. The van der Waals surface area contributed by atoms with Crippen molar-refractivity contribution in [1.82, 2.24) is 10.3 Å². The molecular formula is C11H16BrN3O2. The first-order chi connectivity index (χ1) is 8.04. The summed E-state index contributed by atoms with van der Waals surface area (Å²) in [5, 5.41) is 13.9. The number of nitrogens with one attached hydrogen (secondary N) is 1. The van der Waals surface area contributed by atoms with Gasteiger partial charge in [0.1, 0.15) is 6.20 Å². The maximum absolute atomic E-state index is 10.6. The van der Waals surface area contributed by atoms with Crippen molar-refractivity contribution in [3.63, 3.8) is 0 Å². The summed E-state index contributed by atoms with van der Waals surface area (Å²) in [4.78, 5) is 14.2. The molecule has 0 saturated heterocycles. The van der Waals surface area contributed by atoms with Crippen molar-refractivity contribution in [3.05, 3.63) is 32.5 Å². The third-order valence-corrected chi connectivity index (χ3v) is 3.04.